The molecule has 0 aliphatic carbocycles. The van der Waals surface area contributed by atoms with Crippen molar-refractivity contribution in [3.8, 4) is 11.5 Å². The summed E-state index contributed by atoms with van der Waals surface area (Å²) in [5.74, 6) is -2.82. The number of benzene rings is 1. The minimum atomic E-state index is -1.82. The van der Waals surface area contributed by atoms with Crippen LogP contribution in [0, 0.1) is 0 Å². The lowest BCUT2D eigenvalue weighted by Gasteiger charge is -2.32. The van der Waals surface area contributed by atoms with Crippen LogP contribution in [0.5, 0.6) is 11.5 Å². The van der Waals surface area contributed by atoms with E-state index in [0.717, 1.165) is 38.3 Å². The van der Waals surface area contributed by atoms with Gasteiger partial charge in [-0.05, 0) is 13.1 Å². The summed E-state index contributed by atoms with van der Waals surface area (Å²) in [4.78, 5) is 22.9. The summed E-state index contributed by atoms with van der Waals surface area (Å²) < 4.78 is 5.12. The number of para-hydroxylation sites is 1. The zero-order chi connectivity index (χ0) is 17.4. The van der Waals surface area contributed by atoms with Crippen LogP contribution in [-0.2, 0) is 16.1 Å². The molecule has 1 fully saturated rings. The molecule has 3 N–H and O–H groups in total. The van der Waals surface area contributed by atoms with Crippen molar-refractivity contribution in [1.29, 1.82) is 0 Å². The van der Waals surface area contributed by atoms with Crippen LogP contribution in [0.4, 0.5) is 0 Å². The van der Waals surface area contributed by atoms with Crippen molar-refractivity contribution in [2.75, 3.05) is 40.3 Å². The van der Waals surface area contributed by atoms with Gasteiger partial charge in [0.15, 0.2) is 11.5 Å². The SMILES string of the molecule is COc1cccc(CN2CCN(C)CC2)c1O.O=C(O)C(=O)O. The van der Waals surface area contributed by atoms with Crippen LogP contribution < -0.4 is 4.74 Å². The van der Waals surface area contributed by atoms with Crippen LogP contribution in [0.1, 0.15) is 5.56 Å². The molecule has 0 atom stereocenters. The van der Waals surface area contributed by atoms with E-state index in [1.54, 1.807) is 13.2 Å². The maximum absolute atomic E-state index is 10.0. The molecule has 128 valence electrons. The number of phenolic OH excluding ortho intramolecular Hbond substituents is 1. The van der Waals surface area contributed by atoms with Crippen LogP contribution in [0.25, 0.3) is 0 Å². The number of phenols is 1. The van der Waals surface area contributed by atoms with Gasteiger partial charge in [0.05, 0.1) is 7.11 Å². The van der Waals surface area contributed by atoms with Crippen LogP contribution in [0.2, 0.25) is 0 Å². The zero-order valence-electron chi connectivity index (χ0n) is 13.2. The number of hydrogen-bond acceptors (Lipinski definition) is 6. The third-order valence-corrected chi connectivity index (χ3v) is 3.48. The number of nitrogens with zero attached hydrogens (tertiary/aromatic N) is 2. The second-order valence-corrected chi connectivity index (χ2v) is 5.16. The molecule has 8 nitrogen and oxygen atoms in total. The van der Waals surface area contributed by atoms with Crippen molar-refractivity contribution >= 4 is 11.9 Å². The molecule has 1 saturated heterocycles. The molecule has 0 spiro atoms. The van der Waals surface area contributed by atoms with E-state index < -0.39 is 11.9 Å². The lowest BCUT2D eigenvalue weighted by molar-refractivity contribution is -0.159. The van der Waals surface area contributed by atoms with E-state index in [9.17, 15) is 5.11 Å². The summed E-state index contributed by atoms with van der Waals surface area (Å²) in [6, 6.07) is 5.66. The van der Waals surface area contributed by atoms with Crippen molar-refractivity contribution < 1.29 is 29.6 Å². The normalized spacial score (nSPS) is 15.4. The lowest BCUT2D eigenvalue weighted by atomic mass is 10.1. The third kappa shape index (κ3) is 6.13. The predicted octanol–water partition coefficient (Wildman–Crippen LogP) is 0.304. The molecule has 8 heteroatoms. The Balaban J connectivity index is 0.000000379. The Morgan fingerprint density at radius 3 is 2.17 bits per heavy atom. The third-order valence-electron chi connectivity index (χ3n) is 3.48. The molecular formula is C15H22N2O6. The fraction of sp³-hybridized carbons (Fsp3) is 0.467. The molecule has 1 aliphatic heterocycles. The quantitative estimate of drug-likeness (QED) is 0.681. The molecule has 0 bridgehead atoms. The molecule has 23 heavy (non-hydrogen) atoms. The molecule has 0 amide bonds. The Labute approximate surface area is 134 Å². The van der Waals surface area contributed by atoms with E-state index in [0.29, 0.717) is 5.75 Å². The van der Waals surface area contributed by atoms with Gasteiger partial charge in [-0.1, -0.05) is 12.1 Å². The number of carboxylic acid groups (broad SMARTS) is 2. The zero-order valence-corrected chi connectivity index (χ0v) is 13.2. The highest BCUT2D eigenvalue weighted by Gasteiger charge is 2.16. The predicted molar refractivity (Wildman–Crippen MR) is 82.7 cm³/mol. The van der Waals surface area contributed by atoms with Crippen LogP contribution in [0.15, 0.2) is 18.2 Å². The number of ether oxygens (including phenoxy) is 1. The molecule has 0 saturated carbocycles. The Morgan fingerprint density at radius 2 is 1.70 bits per heavy atom. The fourth-order valence-corrected chi connectivity index (χ4v) is 2.11. The summed E-state index contributed by atoms with van der Waals surface area (Å²) in [6.45, 7) is 5.06. The smallest absolute Gasteiger partial charge is 0.414 e. The van der Waals surface area contributed by atoms with Gasteiger partial charge in [0.1, 0.15) is 0 Å². The Hall–Kier alpha value is -2.32. The van der Waals surface area contributed by atoms with Crippen LogP contribution in [0.3, 0.4) is 0 Å². The van der Waals surface area contributed by atoms with Crippen molar-refractivity contribution in [1.82, 2.24) is 9.80 Å². The van der Waals surface area contributed by atoms with Gasteiger partial charge in [0.2, 0.25) is 0 Å². The summed E-state index contributed by atoms with van der Waals surface area (Å²) in [7, 11) is 3.72. The van der Waals surface area contributed by atoms with Crippen molar-refractivity contribution in [3.63, 3.8) is 0 Å². The van der Waals surface area contributed by atoms with Gasteiger partial charge in [-0.3, -0.25) is 4.90 Å². The first kappa shape index (κ1) is 18.7. The molecule has 1 heterocycles. The molecule has 0 radical (unpaired) electrons. The maximum atomic E-state index is 10.0. The highest BCUT2D eigenvalue weighted by molar-refractivity contribution is 6.27. The fourth-order valence-electron chi connectivity index (χ4n) is 2.11. The monoisotopic (exact) mass is 326 g/mol. The van der Waals surface area contributed by atoms with Crippen molar-refractivity contribution in [3.05, 3.63) is 23.8 Å². The van der Waals surface area contributed by atoms with Gasteiger partial charge in [0.25, 0.3) is 0 Å². The molecule has 1 aromatic rings. The second-order valence-electron chi connectivity index (χ2n) is 5.16. The van der Waals surface area contributed by atoms with Gasteiger partial charge in [-0.2, -0.15) is 0 Å². The number of hydrogen-bond donors (Lipinski definition) is 3. The number of carbonyl (C=O) groups is 2. The first-order chi connectivity index (χ1) is 10.8. The van der Waals surface area contributed by atoms with Crippen LogP contribution >= 0.6 is 0 Å². The number of aromatic hydroxyl groups is 1. The minimum Gasteiger partial charge on any atom is -0.504 e. The molecule has 0 aromatic heterocycles. The Kier molecular flexibility index (Phi) is 7.30. The van der Waals surface area contributed by atoms with Gasteiger partial charge in [-0.25, -0.2) is 9.59 Å². The number of likely N-dealkylation sites (N-methyl/N-ethyl adjacent to an activating group) is 1. The lowest BCUT2D eigenvalue weighted by Crippen LogP contribution is -2.43. The number of aliphatic carboxylic acids is 2. The van der Waals surface area contributed by atoms with Gasteiger partial charge >= 0.3 is 11.9 Å². The highest BCUT2D eigenvalue weighted by Crippen LogP contribution is 2.30. The van der Waals surface area contributed by atoms with E-state index in [-0.39, 0.29) is 5.75 Å². The van der Waals surface area contributed by atoms with E-state index >= 15 is 0 Å². The average molecular weight is 326 g/mol. The van der Waals surface area contributed by atoms with Gasteiger partial charge < -0.3 is 25.0 Å². The van der Waals surface area contributed by atoms with Gasteiger partial charge in [0, 0.05) is 38.3 Å². The Morgan fingerprint density at radius 1 is 1.13 bits per heavy atom. The van der Waals surface area contributed by atoms with Crippen LogP contribution in [-0.4, -0.2) is 77.4 Å². The van der Waals surface area contributed by atoms with Gasteiger partial charge in [-0.15, -0.1) is 0 Å². The number of piperazine rings is 1. The van der Waals surface area contributed by atoms with E-state index in [4.69, 9.17) is 24.5 Å². The van der Waals surface area contributed by atoms with E-state index in [2.05, 4.69) is 16.8 Å². The van der Waals surface area contributed by atoms with E-state index in [1.807, 2.05) is 12.1 Å². The first-order valence-corrected chi connectivity index (χ1v) is 7.07. The highest BCUT2D eigenvalue weighted by atomic mass is 16.5. The minimum absolute atomic E-state index is 0.272. The van der Waals surface area contributed by atoms with Crippen molar-refractivity contribution in [2.24, 2.45) is 0 Å². The largest absolute Gasteiger partial charge is 0.504 e. The van der Waals surface area contributed by atoms with E-state index in [1.165, 1.54) is 0 Å². The second kappa shape index (κ2) is 8.96. The molecule has 1 aliphatic rings. The number of carboxylic acids is 2. The number of rotatable bonds is 3. The summed E-state index contributed by atoms with van der Waals surface area (Å²) in [5, 5.41) is 24.8. The molecular weight excluding hydrogens is 304 g/mol. The maximum Gasteiger partial charge on any atom is 0.414 e. The summed E-state index contributed by atoms with van der Waals surface area (Å²) >= 11 is 0. The average Bonchev–Trinajstić information content (AvgIpc) is 2.52. The standard InChI is InChI=1S/C13H20N2O2.C2H2O4/c1-14-6-8-15(9-7-14)10-11-4-3-5-12(17-2)13(11)16;3-1(4)2(5)6/h3-5,16H,6-10H2,1-2H3;(H,3,4)(H,5,6). The Bertz CT molecular complexity index is 529. The number of methoxy groups -OCH3 is 1. The summed E-state index contributed by atoms with van der Waals surface area (Å²) in [6.07, 6.45) is 0. The first-order valence-electron chi connectivity index (χ1n) is 7.07. The topological polar surface area (TPSA) is 111 Å². The van der Waals surface area contributed by atoms with Crippen molar-refractivity contribution in [2.45, 2.75) is 6.54 Å². The summed E-state index contributed by atoms with van der Waals surface area (Å²) in [5.41, 5.74) is 0.939. The molecule has 0 unspecified atom stereocenters. The molecule has 2 rings (SSSR count). The molecule has 1 aromatic carbocycles.